The molecule has 0 spiro atoms. The molecule has 4 aromatic rings. The van der Waals surface area contributed by atoms with Crippen LogP contribution in [0.3, 0.4) is 0 Å². The number of fused-ring (bicyclic) bond motifs is 1. The van der Waals surface area contributed by atoms with Crippen LogP contribution in [0.1, 0.15) is 28.6 Å². The smallest absolute Gasteiger partial charge is 0.144 e. The van der Waals surface area contributed by atoms with Crippen LogP contribution in [0, 0.1) is 7.40 Å². The Labute approximate surface area is 233 Å². The van der Waals surface area contributed by atoms with Crippen molar-refractivity contribution in [1.29, 1.82) is 0 Å². The maximum Gasteiger partial charge on any atom is 0.144 e. The van der Waals surface area contributed by atoms with Gasteiger partial charge in [0.05, 0.1) is 26.4 Å². The molecular formula is C28H26I2N2O3. The van der Waals surface area contributed by atoms with Crippen molar-refractivity contribution in [3.63, 3.8) is 0 Å². The summed E-state index contributed by atoms with van der Waals surface area (Å²) in [6.45, 7) is 2.14. The van der Waals surface area contributed by atoms with Gasteiger partial charge in [0.2, 0.25) is 0 Å². The van der Waals surface area contributed by atoms with Gasteiger partial charge in [-0.25, -0.2) is 4.98 Å². The third-order valence-corrected chi connectivity index (χ3v) is 8.92. The molecule has 0 bridgehead atoms. The Morgan fingerprint density at radius 1 is 0.686 bits per heavy atom. The summed E-state index contributed by atoms with van der Waals surface area (Å²) >= 11 is 4.66. The summed E-state index contributed by atoms with van der Waals surface area (Å²) in [7, 11) is 0. The number of imidazole rings is 1. The van der Waals surface area contributed by atoms with E-state index in [1.54, 1.807) is 0 Å². The first-order valence-corrected chi connectivity index (χ1v) is 13.7. The van der Waals surface area contributed by atoms with Gasteiger partial charge in [-0.15, -0.1) is 0 Å². The third-order valence-electron chi connectivity index (χ3n) is 6.04. The molecule has 5 nitrogen and oxygen atoms in total. The molecule has 180 valence electrons. The van der Waals surface area contributed by atoms with Gasteiger partial charge in [0.1, 0.15) is 31.5 Å². The Balaban J connectivity index is 1.44. The number of aromatic nitrogens is 2. The second-order valence-electron chi connectivity index (χ2n) is 8.48. The zero-order chi connectivity index (χ0) is 24.0. The van der Waals surface area contributed by atoms with Crippen molar-refractivity contribution in [2.45, 2.75) is 44.7 Å². The molecule has 0 N–H and O–H groups in total. The van der Waals surface area contributed by atoms with Crippen molar-refractivity contribution in [3.8, 4) is 0 Å². The first kappa shape index (κ1) is 24.9. The van der Waals surface area contributed by atoms with Crippen LogP contribution in [-0.2, 0) is 40.6 Å². The van der Waals surface area contributed by atoms with Crippen molar-refractivity contribution in [3.05, 3.63) is 121 Å². The lowest BCUT2D eigenvalue weighted by Gasteiger charge is -2.38. The van der Waals surface area contributed by atoms with E-state index in [0.29, 0.717) is 26.4 Å². The van der Waals surface area contributed by atoms with Crippen LogP contribution in [0.4, 0.5) is 0 Å². The van der Waals surface area contributed by atoms with Gasteiger partial charge < -0.3 is 18.8 Å². The predicted molar refractivity (Wildman–Crippen MR) is 152 cm³/mol. The Bertz CT molecular complexity index is 1220. The number of nitrogens with zero attached hydrogens (tertiary/aromatic N) is 2. The van der Waals surface area contributed by atoms with Crippen LogP contribution in [0.5, 0.6) is 0 Å². The number of rotatable bonds is 9. The summed E-state index contributed by atoms with van der Waals surface area (Å²) in [4.78, 5) is 4.88. The van der Waals surface area contributed by atoms with Gasteiger partial charge in [-0.1, -0.05) is 91.0 Å². The first-order chi connectivity index (χ1) is 17.2. The van der Waals surface area contributed by atoms with Gasteiger partial charge >= 0.3 is 0 Å². The van der Waals surface area contributed by atoms with Crippen molar-refractivity contribution in [1.82, 2.24) is 9.55 Å². The van der Waals surface area contributed by atoms with Gasteiger partial charge in [-0.2, -0.15) is 0 Å². The molecule has 5 rings (SSSR count). The topological polar surface area (TPSA) is 45.5 Å². The molecule has 3 aromatic carbocycles. The second-order valence-corrected chi connectivity index (χ2v) is 10.5. The molecule has 35 heavy (non-hydrogen) atoms. The number of hydrogen-bond donors (Lipinski definition) is 0. The van der Waals surface area contributed by atoms with E-state index in [9.17, 15) is 0 Å². The van der Waals surface area contributed by atoms with Crippen molar-refractivity contribution >= 4 is 45.2 Å². The SMILES string of the molecule is Ic1nc2n(c1I)C[C@@H](OCc1ccccc1)[C@H](OCc1ccccc1)[C@H]2OCc1ccccc1. The van der Waals surface area contributed by atoms with E-state index in [1.807, 2.05) is 54.6 Å². The second kappa shape index (κ2) is 12.0. The summed E-state index contributed by atoms with van der Waals surface area (Å²) in [5, 5.41) is 0. The summed E-state index contributed by atoms with van der Waals surface area (Å²) in [6.07, 6.45) is -0.847. The minimum Gasteiger partial charge on any atom is -0.369 e. The van der Waals surface area contributed by atoms with Crippen LogP contribution in [0.15, 0.2) is 91.0 Å². The average Bonchev–Trinajstić information content (AvgIpc) is 3.19. The fraction of sp³-hybridized carbons (Fsp3) is 0.250. The maximum atomic E-state index is 6.57. The molecule has 7 heteroatoms. The van der Waals surface area contributed by atoms with Crippen molar-refractivity contribution < 1.29 is 14.2 Å². The molecule has 0 aliphatic carbocycles. The summed E-state index contributed by atoms with van der Waals surface area (Å²) in [6, 6.07) is 30.7. The van der Waals surface area contributed by atoms with E-state index < -0.39 is 0 Å². The predicted octanol–water partition coefficient (Wildman–Crippen LogP) is 6.53. The molecule has 0 radical (unpaired) electrons. The Kier molecular flexibility index (Phi) is 8.51. The minimum absolute atomic E-state index is 0.189. The highest BCUT2D eigenvalue weighted by molar-refractivity contribution is 14.1. The van der Waals surface area contributed by atoms with Crippen molar-refractivity contribution in [2.24, 2.45) is 0 Å². The minimum atomic E-state index is -0.356. The lowest BCUT2D eigenvalue weighted by Crippen LogP contribution is -2.46. The molecular weight excluding hydrogens is 666 g/mol. The van der Waals surface area contributed by atoms with E-state index in [4.69, 9.17) is 19.2 Å². The molecule has 0 fully saturated rings. The number of halogens is 2. The molecule has 1 aliphatic heterocycles. The van der Waals surface area contributed by atoms with Crippen LogP contribution in [-0.4, -0.2) is 21.8 Å². The molecule has 0 saturated carbocycles. The lowest BCUT2D eigenvalue weighted by atomic mass is 10.0. The van der Waals surface area contributed by atoms with E-state index in [1.165, 1.54) is 0 Å². The van der Waals surface area contributed by atoms with Crippen LogP contribution in [0.25, 0.3) is 0 Å². The molecule has 2 heterocycles. The third kappa shape index (κ3) is 6.14. The average molecular weight is 692 g/mol. The Morgan fingerprint density at radius 2 is 1.17 bits per heavy atom. The largest absolute Gasteiger partial charge is 0.369 e. The van der Waals surface area contributed by atoms with Crippen LogP contribution in [0.2, 0.25) is 0 Å². The maximum absolute atomic E-state index is 6.57. The van der Waals surface area contributed by atoms with Crippen LogP contribution >= 0.6 is 45.2 Å². The zero-order valence-electron chi connectivity index (χ0n) is 19.1. The normalized spacial score (nSPS) is 19.4. The molecule has 1 aromatic heterocycles. The van der Waals surface area contributed by atoms with E-state index >= 15 is 0 Å². The van der Waals surface area contributed by atoms with Crippen molar-refractivity contribution in [2.75, 3.05) is 0 Å². The monoisotopic (exact) mass is 692 g/mol. The molecule has 3 atom stereocenters. The van der Waals surface area contributed by atoms with E-state index in [-0.39, 0.29) is 18.3 Å². The standard InChI is InChI=1S/C28H26I2N2O3/c29-26-27(30)32-16-23(33-17-20-10-4-1-5-11-20)24(34-18-21-12-6-2-7-13-21)25(28(32)31-26)35-19-22-14-8-3-9-15-22/h1-15,23-25H,16-19H2/t23-,24+,25-/m1/s1. The van der Waals surface area contributed by atoms with Gasteiger partial charge in [-0.05, 0) is 61.9 Å². The first-order valence-electron chi connectivity index (χ1n) is 11.6. The lowest BCUT2D eigenvalue weighted by molar-refractivity contribution is -0.171. The quantitative estimate of drug-likeness (QED) is 0.187. The fourth-order valence-corrected chi connectivity index (χ4v) is 5.35. The number of benzene rings is 3. The zero-order valence-corrected chi connectivity index (χ0v) is 23.4. The molecule has 0 saturated heterocycles. The number of ether oxygens (including phenoxy) is 3. The van der Waals surface area contributed by atoms with Gasteiger partial charge in [-0.3, -0.25) is 0 Å². The number of hydrogen-bond acceptors (Lipinski definition) is 4. The van der Waals surface area contributed by atoms with Crippen LogP contribution < -0.4 is 0 Å². The fourth-order valence-electron chi connectivity index (χ4n) is 4.25. The summed E-state index contributed by atoms with van der Waals surface area (Å²) in [5.74, 6) is 0.896. The van der Waals surface area contributed by atoms with Gasteiger partial charge in [0, 0.05) is 0 Å². The Hall–Kier alpha value is -1.79. The molecule has 0 unspecified atom stereocenters. The summed E-state index contributed by atoms with van der Waals surface area (Å²) in [5.41, 5.74) is 3.37. The highest BCUT2D eigenvalue weighted by Crippen LogP contribution is 2.36. The van der Waals surface area contributed by atoms with E-state index in [0.717, 1.165) is 29.9 Å². The molecule has 0 amide bonds. The van der Waals surface area contributed by atoms with E-state index in [2.05, 4.69) is 86.1 Å². The highest BCUT2D eigenvalue weighted by Gasteiger charge is 2.42. The Morgan fingerprint density at radius 3 is 1.71 bits per heavy atom. The van der Waals surface area contributed by atoms with Gasteiger partial charge in [0.15, 0.2) is 0 Å². The van der Waals surface area contributed by atoms with Gasteiger partial charge in [0.25, 0.3) is 0 Å². The molecule has 1 aliphatic rings. The summed E-state index contributed by atoms with van der Waals surface area (Å²) < 4.78 is 23.9. The highest BCUT2D eigenvalue weighted by atomic mass is 127.